The molecule has 1 aromatic carbocycles. The van der Waals surface area contributed by atoms with E-state index in [9.17, 15) is 4.79 Å². The molecule has 0 spiro atoms. The van der Waals surface area contributed by atoms with Crippen LogP contribution in [0.5, 0.6) is 5.75 Å². The molecule has 4 nitrogen and oxygen atoms in total. The Hall–Kier alpha value is -1.55. The third-order valence-electron chi connectivity index (χ3n) is 3.81. The van der Waals surface area contributed by atoms with Crippen LogP contribution < -0.4 is 15.4 Å². The van der Waals surface area contributed by atoms with Crippen molar-refractivity contribution in [3.05, 3.63) is 23.8 Å². The second-order valence-electron chi connectivity index (χ2n) is 6.45. The van der Waals surface area contributed by atoms with E-state index in [-0.39, 0.29) is 17.4 Å². The minimum absolute atomic E-state index is 0.124. The van der Waals surface area contributed by atoms with E-state index in [1.165, 1.54) is 12.8 Å². The molecule has 0 amide bonds. The van der Waals surface area contributed by atoms with Crippen LogP contribution in [0, 0.1) is 0 Å². The highest BCUT2D eigenvalue weighted by Crippen LogP contribution is 2.33. The van der Waals surface area contributed by atoms with Crippen molar-refractivity contribution in [2.75, 3.05) is 11.9 Å². The average molecular weight is 274 g/mol. The van der Waals surface area contributed by atoms with Crippen molar-refractivity contribution in [1.29, 1.82) is 0 Å². The SMILES string of the molecule is CC(NC1CC1)C(=O)c1ccc2c(c1)NCC(C)(C)O2. The Balaban J connectivity index is 1.76. The summed E-state index contributed by atoms with van der Waals surface area (Å²) >= 11 is 0. The van der Waals surface area contributed by atoms with Crippen LogP contribution in [0.1, 0.15) is 44.0 Å². The van der Waals surface area contributed by atoms with Crippen LogP contribution in [-0.2, 0) is 0 Å². The molecule has 2 N–H and O–H groups in total. The summed E-state index contributed by atoms with van der Waals surface area (Å²) in [4.78, 5) is 12.4. The predicted molar refractivity (Wildman–Crippen MR) is 79.6 cm³/mol. The van der Waals surface area contributed by atoms with E-state index in [1.807, 2.05) is 39.0 Å². The molecule has 3 rings (SSSR count). The molecule has 108 valence electrons. The lowest BCUT2D eigenvalue weighted by Crippen LogP contribution is -2.40. The van der Waals surface area contributed by atoms with Gasteiger partial charge in [0, 0.05) is 11.6 Å². The molecular formula is C16H22N2O2. The first-order valence-corrected chi connectivity index (χ1v) is 7.32. The maximum absolute atomic E-state index is 12.4. The zero-order valence-electron chi connectivity index (χ0n) is 12.3. The number of anilines is 1. The number of nitrogens with one attached hydrogen (secondary N) is 2. The Morgan fingerprint density at radius 3 is 2.90 bits per heavy atom. The van der Waals surface area contributed by atoms with Crippen LogP contribution in [0.15, 0.2) is 18.2 Å². The first-order chi connectivity index (χ1) is 9.44. The summed E-state index contributed by atoms with van der Waals surface area (Å²) in [6.45, 7) is 6.77. The van der Waals surface area contributed by atoms with Crippen LogP contribution in [-0.4, -0.2) is 30.0 Å². The van der Waals surface area contributed by atoms with E-state index in [0.717, 1.165) is 23.5 Å². The summed E-state index contributed by atoms with van der Waals surface area (Å²) in [6.07, 6.45) is 2.37. The monoisotopic (exact) mass is 274 g/mol. The fraction of sp³-hybridized carbons (Fsp3) is 0.562. The summed E-state index contributed by atoms with van der Waals surface area (Å²) in [5.41, 5.74) is 1.44. The van der Waals surface area contributed by atoms with Crippen molar-refractivity contribution in [3.8, 4) is 5.75 Å². The fourth-order valence-electron chi connectivity index (χ4n) is 2.48. The number of ketones is 1. The average Bonchev–Trinajstić information content (AvgIpc) is 3.20. The van der Waals surface area contributed by atoms with Crippen LogP contribution in [0.25, 0.3) is 0 Å². The van der Waals surface area contributed by atoms with Crippen molar-refractivity contribution in [2.45, 2.75) is 51.3 Å². The molecule has 0 aromatic heterocycles. The highest BCUT2D eigenvalue weighted by molar-refractivity contribution is 6.01. The molecular weight excluding hydrogens is 252 g/mol. The molecule has 1 aromatic rings. The summed E-state index contributed by atoms with van der Waals surface area (Å²) in [7, 11) is 0. The standard InChI is InChI=1S/C16H22N2O2/c1-10(18-12-5-6-12)15(19)11-4-7-14-13(8-11)17-9-16(2,3)20-14/h4,7-8,10,12,17-18H,5-6,9H2,1-3H3. The Bertz CT molecular complexity index is 535. The second kappa shape index (κ2) is 4.77. The largest absolute Gasteiger partial charge is 0.484 e. The van der Waals surface area contributed by atoms with Gasteiger partial charge in [-0.3, -0.25) is 4.79 Å². The molecule has 4 heteroatoms. The molecule has 1 heterocycles. The van der Waals surface area contributed by atoms with Crippen molar-refractivity contribution in [2.24, 2.45) is 0 Å². The number of rotatable bonds is 4. The maximum atomic E-state index is 12.4. The number of ether oxygens (including phenoxy) is 1. The third-order valence-corrected chi connectivity index (χ3v) is 3.81. The lowest BCUT2D eigenvalue weighted by molar-refractivity contribution is 0.0949. The number of fused-ring (bicyclic) bond motifs is 1. The fourth-order valence-corrected chi connectivity index (χ4v) is 2.48. The zero-order valence-corrected chi connectivity index (χ0v) is 12.3. The summed E-state index contributed by atoms with van der Waals surface area (Å²) in [6, 6.07) is 6.06. The lowest BCUT2D eigenvalue weighted by atomic mass is 10.0. The molecule has 1 atom stereocenters. The number of hydrogen-bond donors (Lipinski definition) is 2. The maximum Gasteiger partial charge on any atom is 0.179 e. The van der Waals surface area contributed by atoms with Crippen molar-refractivity contribution < 1.29 is 9.53 Å². The van der Waals surface area contributed by atoms with Gasteiger partial charge < -0.3 is 15.4 Å². The van der Waals surface area contributed by atoms with Gasteiger partial charge in [0.25, 0.3) is 0 Å². The summed E-state index contributed by atoms with van der Waals surface area (Å²) < 4.78 is 5.90. The van der Waals surface area contributed by atoms with Gasteiger partial charge in [-0.2, -0.15) is 0 Å². The highest BCUT2D eigenvalue weighted by Gasteiger charge is 2.29. The van der Waals surface area contributed by atoms with Gasteiger partial charge >= 0.3 is 0 Å². The molecule has 0 saturated heterocycles. The molecule has 0 radical (unpaired) electrons. The zero-order chi connectivity index (χ0) is 14.3. The molecule has 1 unspecified atom stereocenters. The van der Waals surface area contributed by atoms with Gasteiger partial charge in [-0.05, 0) is 51.8 Å². The minimum Gasteiger partial charge on any atom is -0.484 e. The highest BCUT2D eigenvalue weighted by atomic mass is 16.5. The van der Waals surface area contributed by atoms with Gasteiger partial charge in [-0.15, -0.1) is 0 Å². The van der Waals surface area contributed by atoms with E-state index < -0.39 is 0 Å². The Labute approximate surface area is 119 Å². The van der Waals surface area contributed by atoms with E-state index in [2.05, 4.69) is 10.6 Å². The van der Waals surface area contributed by atoms with E-state index in [0.29, 0.717) is 6.04 Å². The summed E-state index contributed by atoms with van der Waals surface area (Å²) in [5.74, 6) is 0.965. The normalized spacial score (nSPS) is 21.4. The second-order valence-corrected chi connectivity index (χ2v) is 6.45. The van der Waals surface area contributed by atoms with E-state index >= 15 is 0 Å². The molecule has 2 aliphatic rings. The van der Waals surface area contributed by atoms with Crippen LogP contribution >= 0.6 is 0 Å². The molecule has 1 saturated carbocycles. The lowest BCUT2D eigenvalue weighted by Gasteiger charge is -2.33. The Morgan fingerprint density at radius 2 is 2.20 bits per heavy atom. The number of Topliss-reactive ketones (excluding diaryl/α,β-unsaturated/α-hetero) is 1. The van der Waals surface area contributed by atoms with Gasteiger partial charge in [0.2, 0.25) is 0 Å². The number of hydrogen-bond acceptors (Lipinski definition) is 4. The molecule has 1 aliphatic carbocycles. The number of carbonyl (C=O) groups is 1. The van der Waals surface area contributed by atoms with E-state index in [4.69, 9.17) is 4.74 Å². The molecule has 1 fully saturated rings. The molecule has 0 bridgehead atoms. The quantitative estimate of drug-likeness (QED) is 0.829. The first kappa shape index (κ1) is 13.4. The number of benzene rings is 1. The van der Waals surface area contributed by atoms with Crippen LogP contribution in [0.4, 0.5) is 5.69 Å². The topological polar surface area (TPSA) is 50.4 Å². The van der Waals surface area contributed by atoms with Crippen LogP contribution in [0.2, 0.25) is 0 Å². The third kappa shape index (κ3) is 2.80. The predicted octanol–water partition coefficient (Wildman–Crippen LogP) is 2.59. The molecule has 20 heavy (non-hydrogen) atoms. The van der Waals surface area contributed by atoms with Gasteiger partial charge in [0.15, 0.2) is 5.78 Å². The van der Waals surface area contributed by atoms with Crippen molar-refractivity contribution in [1.82, 2.24) is 5.32 Å². The van der Waals surface area contributed by atoms with Crippen molar-refractivity contribution in [3.63, 3.8) is 0 Å². The minimum atomic E-state index is -0.209. The first-order valence-electron chi connectivity index (χ1n) is 7.32. The van der Waals surface area contributed by atoms with Gasteiger partial charge in [-0.1, -0.05) is 0 Å². The molecule has 1 aliphatic heterocycles. The van der Waals surface area contributed by atoms with Crippen molar-refractivity contribution >= 4 is 11.5 Å². The Kier molecular flexibility index (Phi) is 3.21. The van der Waals surface area contributed by atoms with Crippen LogP contribution in [0.3, 0.4) is 0 Å². The number of carbonyl (C=O) groups excluding carboxylic acids is 1. The van der Waals surface area contributed by atoms with Gasteiger partial charge in [0.05, 0.1) is 18.3 Å². The Morgan fingerprint density at radius 1 is 1.45 bits per heavy atom. The van der Waals surface area contributed by atoms with E-state index in [1.54, 1.807) is 0 Å². The van der Waals surface area contributed by atoms with Gasteiger partial charge in [-0.25, -0.2) is 0 Å². The van der Waals surface area contributed by atoms with Gasteiger partial charge in [0.1, 0.15) is 11.4 Å². The summed E-state index contributed by atoms with van der Waals surface area (Å²) in [5, 5.41) is 6.69. The smallest absolute Gasteiger partial charge is 0.179 e.